The molecule has 2 aromatic carbocycles. The summed E-state index contributed by atoms with van der Waals surface area (Å²) in [6.45, 7) is 1.42. The van der Waals surface area contributed by atoms with Gasteiger partial charge in [0, 0.05) is 30.8 Å². The quantitative estimate of drug-likeness (QED) is 0.913. The van der Waals surface area contributed by atoms with Gasteiger partial charge in [0.05, 0.1) is 0 Å². The number of halogens is 1. The van der Waals surface area contributed by atoms with Crippen LogP contribution in [0.4, 0.5) is 5.69 Å². The Kier molecular flexibility index (Phi) is 4.24. The lowest BCUT2D eigenvalue weighted by Gasteiger charge is -2.19. The third kappa shape index (κ3) is 3.25. The summed E-state index contributed by atoms with van der Waals surface area (Å²) < 4.78 is 0. The predicted octanol–water partition coefficient (Wildman–Crippen LogP) is 3.44. The van der Waals surface area contributed by atoms with E-state index in [1.54, 1.807) is 0 Å². The maximum Gasteiger partial charge on any atom is 0.0426 e. The van der Waals surface area contributed by atoms with Crippen LogP contribution >= 0.6 is 11.6 Å². The third-order valence-electron chi connectivity index (χ3n) is 2.92. The van der Waals surface area contributed by atoms with Crippen LogP contribution < -0.4 is 10.6 Å². The largest absolute Gasteiger partial charge is 0.370 e. The second-order valence-corrected chi connectivity index (χ2v) is 4.79. The van der Waals surface area contributed by atoms with E-state index >= 15 is 0 Å². The van der Waals surface area contributed by atoms with Gasteiger partial charge >= 0.3 is 0 Å². The summed E-state index contributed by atoms with van der Waals surface area (Å²) in [7, 11) is 2.07. The maximum absolute atomic E-state index is 5.98. The standard InChI is InChI=1S/C15H17ClN2/c1-18(11-13-3-2-4-14(16)9-13)15-7-5-12(10-17)6-8-15/h2-9H,10-11,17H2,1H3. The molecule has 0 atom stereocenters. The summed E-state index contributed by atoms with van der Waals surface area (Å²) in [5, 5.41) is 0.777. The van der Waals surface area contributed by atoms with Gasteiger partial charge in [-0.05, 0) is 35.4 Å². The number of rotatable bonds is 4. The second kappa shape index (κ2) is 5.89. The van der Waals surface area contributed by atoms with Crippen LogP contribution in [0.25, 0.3) is 0 Å². The van der Waals surface area contributed by atoms with E-state index in [4.69, 9.17) is 17.3 Å². The molecule has 94 valence electrons. The molecule has 0 fully saturated rings. The van der Waals surface area contributed by atoms with Gasteiger partial charge in [-0.3, -0.25) is 0 Å². The maximum atomic E-state index is 5.98. The Labute approximate surface area is 113 Å². The lowest BCUT2D eigenvalue weighted by molar-refractivity contribution is 0.921. The molecule has 18 heavy (non-hydrogen) atoms. The van der Waals surface area contributed by atoms with E-state index in [9.17, 15) is 0 Å². The third-order valence-corrected chi connectivity index (χ3v) is 3.16. The van der Waals surface area contributed by atoms with Crippen molar-refractivity contribution in [2.45, 2.75) is 13.1 Å². The summed E-state index contributed by atoms with van der Waals surface area (Å²) in [4.78, 5) is 2.19. The van der Waals surface area contributed by atoms with E-state index in [0.29, 0.717) is 6.54 Å². The van der Waals surface area contributed by atoms with Crippen molar-refractivity contribution in [1.29, 1.82) is 0 Å². The smallest absolute Gasteiger partial charge is 0.0426 e. The molecule has 0 bridgehead atoms. The highest BCUT2D eigenvalue weighted by Gasteiger charge is 2.02. The monoisotopic (exact) mass is 260 g/mol. The van der Waals surface area contributed by atoms with Crippen molar-refractivity contribution in [2.75, 3.05) is 11.9 Å². The molecule has 0 radical (unpaired) electrons. The van der Waals surface area contributed by atoms with Crippen molar-refractivity contribution in [3.8, 4) is 0 Å². The van der Waals surface area contributed by atoms with E-state index in [1.807, 2.05) is 18.2 Å². The van der Waals surface area contributed by atoms with E-state index in [2.05, 4.69) is 42.3 Å². The molecule has 0 aromatic heterocycles. The Hall–Kier alpha value is -1.51. The molecule has 2 rings (SSSR count). The summed E-state index contributed by atoms with van der Waals surface area (Å²) >= 11 is 5.98. The summed E-state index contributed by atoms with van der Waals surface area (Å²) in [5.74, 6) is 0. The molecule has 0 heterocycles. The Balaban J connectivity index is 2.09. The zero-order valence-corrected chi connectivity index (χ0v) is 11.2. The topological polar surface area (TPSA) is 29.3 Å². The van der Waals surface area contributed by atoms with Crippen LogP contribution in [0.1, 0.15) is 11.1 Å². The van der Waals surface area contributed by atoms with E-state index in [-0.39, 0.29) is 0 Å². The number of hydrogen-bond acceptors (Lipinski definition) is 2. The zero-order valence-electron chi connectivity index (χ0n) is 10.4. The number of hydrogen-bond donors (Lipinski definition) is 1. The number of benzene rings is 2. The number of nitrogens with two attached hydrogens (primary N) is 1. The molecule has 0 aliphatic rings. The van der Waals surface area contributed by atoms with Crippen molar-refractivity contribution in [3.05, 3.63) is 64.7 Å². The second-order valence-electron chi connectivity index (χ2n) is 4.36. The molecule has 3 heteroatoms. The van der Waals surface area contributed by atoms with Crippen molar-refractivity contribution in [2.24, 2.45) is 5.73 Å². The molecule has 0 amide bonds. The van der Waals surface area contributed by atoms with E-state index < -0.39 is 0 Å². The lowest BCUT2D eigenvalue weighted by atomic mass is 10.1. The molecular weight excluding hydrogens is 244 g/mol. The fourth-order valence-corrected chi connectivity index (χ4v) is 2.10. The molecule has 0 aliphatic heterocycles. The molecule has 2 aromatic rings. The van der Waals surface area contributed by atoms with Crippen LogP contribution in [0.15, 0.2) is 48.5 Å². The molecule has 2 N–H and O–H groups in total. The highest BCUT2D eigenvalue weighted by Crippen LogP contribution is 2.18. The minimum absolute atomic E-state index is 0.582. The summed E-state index contributed by atoms with van der Waals surface area (Å²) in [6, 6.07) is 16.2. The molecular formula is C15H17ClN2. The first kappa shape index (κ1) is 12.9. The van der Waals surface area contributed by atoms with Gasteiger partial charge in [0.2, 0.25) is 0 Å². The van der Waals surface area contributed by atoms with Gasteiger partial charge in [0.1, 0.15) is 0 Å². The Morgan fingerprint density at radius 2 is 1.78 bits per heavy atom. The van der Waals surface area contributed by atoms with Crippen molar-refractivity contribution < 1.29 is 0 Å². The van der Waals surface area contributed by atoms with E-state index in [1.165, 1.54) is 11.3 Å². The molecule has 0 saturated heterocycles. The Morgan fingerprint density at radius 3 is 2.39 bits per heavy atom. The van der Waals surface area contributed by atoms with Gasteiger partial charge in [-0.2, -0.15) is 0 Å². The molecule has 0 aliphatic carbocycles. The molecule has 2 nitrogen and oxygen atoms in total. The van der Waals surface area contributed by atoms with Crippen molar-refractivity contribution in [3.63, 3.8) is 0 Å². The van der Waals surface area contributed by atoms with E-state index in [0.717, 1.165) is 17.1 Å². The first-order valence-electron chi connectivity index (χ1n) is 5.93. The number of nitrogens with zero attached hydrogens (tertiary/aromatic N) is 1. The molecule has 0 spiro atoms. The van der Waals surface area contributed by atoms with Gasteiger partial charge in [-0.25, -0.2) is 0 Å². The minimum Gasteiger partial charge on any atom is -0.370 e. The summed E-state index contributed by atoms with van der Waals surface area (Å²) in [6.07, 6.45) is 0. The van der Waals surface area contributed by atoms with Gasteiger partial charge in [-0.15, -0.1) is 0 Å². The average Bonchev–Trinajstić information content (AvgIpc) is 2.39. The zero-order chi connectivity index (χ0) is 13.0. The van der Waals surface area contributed by atoms with Crippen LogP contribution in [0.2, 0.25) is 5.02 Å². The molecule has 0 saturated carbocycles. The lowest BCUT2D eigenvalue weighted by Crippen LogP contribution is -2.16. The van der Waals surface area contributed by atoms with Crippen LogP contribution in [0.3, 0.4) is 0 Å². The molecule has 0 unspecified atom stereocenters. The average molecular weight is 261 g/mol. The van der Waals surface area contributed by atoms with Gasteiger partial charge in [0.25, 0.3) is 0 Å². The fraction of sp³-hybridized carbons (Fsp3) is 0.200. The fourth-order valence-electron chi connectivity index (χ4n) is 1.89. The predicted molar refractivity (Wildman–Crippen MR) is 77.9 cm³/mol. The van der Waals surface area contributed by atoms with Gasteiger partial charge in [-0.1, -0.05) is 35.9 Å². The normalized spacial score (nSPS) is 10.4. The first-order valence-corrected chi connectivity index (χ1v) is 6.31. The van der Waals surface area contributed by atoms with Gasteiger partial charge in [0.15, 0.2) is 0 Å². The van der Waals surface area contributed by atoms with Crippen LogP contribution in [0, 0.1) is 0 Å². The van der Waals surface area contributed by atoms with Gasteiger partial charge < -0.3 is 10.6 Å². The number of anilines is 1. The SMILES string of the molecule is CN(Cc1cccc(Cl)c1)c1ccc(CN)cc1. The Bertz CT molecular complexity index is 508. The van der Waals surface area contributed by atoms with Crippen LogP contribution in [-0.4, -0.2) is 7.05 Å². The first-order chi connectivity index (χ1) is 8.69. The van der Waals surface area contributed by atoms with Crippen molar-refractivity contribution >= 4 is 17.3 Å². The van der Waals surface area contributed by atoms with Crippen molar-refractivity contribution in [1.82, 2.24) is 0 Å². The van der Waals surface area contributed by atoms with Crippen LogP contribution in [0.5, 0.6) is 0 Å². The minimum atomic E-state index is 0.582. The van der Waals surface area contributed by atoms with Crippen LogP contribution in [-0.2, 0) is 13.1 Å². The Morgan fingerprint density at radius 1 is 1.06 bits per heavy atom. The highest BCUT2D eigenvalue weighted by molar-refractivity contribution is 6.30. The summed E-state index contributed by atoms with van der Waals surface area (Å²) in [5.41, 5.74) is 9.11. The highest BCUT2D eigenvalue weighted by atomic mass is 35.5.